The van der Waals surface area contributed by atoms with Crippen LogP contribution in [0.25, 0.3) is 0 Å². The molecule has 1 rings (SSSR count). The number of Topliss-reactive ketones (excluding diaryl/α,β-unsaturated/α-hetero) is 1. The predicted molar refractivity (Wildman–Crippen MR) is 106 cm³/mol. The van der Waals surface area contributed by atoms with Crippen LogP contribution in [-0.4, -0.2) is 35.2 Å². The van der Waals surface area contributed by atoms with Crippen LogP contribution in [0.4, 0.5) is 0 Å². The minimum atomic E-state index is -1.01. The lowest BCUT2D eigenvalue weighted by Gasteiger charge is -2.28. The maximum Gasteiger partial charge on any atom is 0.308 e. The van der Waals surface area contributed by atoms with E-state index in [1.165, 1.54) is 7.11 Å². The van der Waals surface area contributed by atoms with Gasteiger partial charge in [0.2, 0.25) is 0 Å². The molecule has 0 aromatic heterocycles. The molecular weight excluding hydrogens is 344 g/mol. The van der Waals surface area contributed by atoms with Crippen LogP contribution in [0.5, 0.6) is 5.75 Å². The Bertz CT molecular complexity index is 642. The van der Waals surface area contributed by atoms with Crippen LogP contribution < -0.4 is 0 Å². The summed E-state index contributed by atoms with van der Waals surface area (Å²) in [7, 11) is 1.25. The Morgan fingerprint density at radius 1 is 1.00 bits per heavy atom. The van der Waals surface area contributed by atoms with E-state index in [0.29, 0.717) is 12.2 Å². The number of hydrogen-bond acceptors (Lipinski definition) is 5. The third kappa shape index (κ3) is 6.98. The number of ketones is 1. The Balaban J connectivity index is 2.94. The highest BCUT2D eigenvalue weighted by atomic mass is 16.5. The van der Waals surface area contributed by atoms with Crippen molar-refractivity contribution in [2.24, 2.45) is 0 Å². The fourth-order valence-electron chi connectivity index (χ4n) is 2.98. The highest BCUT2D eigenvalue weighted by Crippen LogP contribution is 2.40. The molecule has 0 fully saturated rings. The summed E-state index contributed by atoms with van der Waals surface area (Å²) < 4.78 is 4.50. The first-order chi connectivity index (χ1) is 12.3. The molecule has 0 aliphatic carbocycles. The molecule has 1 aromatic rings. The number of phenols is 1. The van der Waals surface area contributed by atoms with E-state index >= 15 is 0 Å². The molecule has 5 heteroatoms. The summed E-state index contributed by atoms with van der Waals surface area (Å²) in [5.74, 6) is -0.314. The Kier molecular flexibility index (Phi) is 7.61. The number of benzene rings is 1. The number of ether oxygens (including phenoxy) is 1. The summed E-state index contributed by atoms with van der Waals surface area (Å²) in [6, 6.07) is 3.92. The van der Waals surface area contributed by atoms with Crippen LogP contribution in [0, 0.1) is 0 Å². The van der Waals surface area contributed by atoms with Gasteiger partial charge in [-0.05, 0) is 33.9 Å². The van der Waals surface area contributed by atoms with E-state index in [2.05, 4.69) is 4.74 Å². The van der Waals surface area contributed by atoms with E-state index in [1.54, 1.807) is 0 Å². The van der Waals surface area contributed by atoms with Crippen molar-refractivity contribution in [3.63, 3.8) is 0 Å². The van der Waals surface area contributed by atoms with E-state index in [0.717, 1.165) is 16.7 Å². The van der Waals surface area contributed by atoms with Crippen LogP contribution >= 0.6 is 0 Å². The third-order valence-corrected chi connectivity index (χ3v) is 4.57. The van der Waals surface area contributed by atoms with E-state index in [1.807, 2.05) is 53.7 Å². The number of methoxy groups -OCH3 is 1. The summed E-state index contributed by atoms with van der Waals surface area (Å²) in [6.07, 6.45) is -0.457. The zero-order chi connectivity index (χ0) is 21.0. The second kappa shape index (κ2) is 8.87. The quantitative estimate of drug-likeness (QED) is 0.705. The van der Waals surface area contributed by atoms with Gasteiger partial charge in [-0.25, -0.2) is 0 Å². The second-order valence-corrected chi connectivity index (χ2v) is 9.22. The third-order valence-electron chi connectivity index (χ3n) is 4.57. The molecule has 0 aliphatic heterocycles. The Labute approximate surface area is 162 Å². The van der Waals surface area contributed by atoms with Crippen molar-refractivity contribution in [2.45, 2.75) is 84.2 Å². The van der Waals surface area contributed by atoms with Gasteiger partial charge >= 0.3 is 5.97 Å². The van der Waals surface area contributed by atoms with Crippen LogP contribution in [0.3, 0.4) is 0 Å². The molecule has 0 aliphatic rings. The maximum atomic E-state index is 12.2. The number of rotatable bonds is 7. The van der Waals surface area contributed by atoms with Gasteiger partial charge < -0.3 is 14.9 Å². The lowest BCUT2D eigenvalue weighted by atomic mass is 9.78. The molecule has 0 saturated carbocycles. The molecule has 1 atom stereocenters. The van der Waals surface area contributed by atoms with Crippen molar-refractivity contribution in [1.29, 1.82) is 0 Å². The molecule has 0 spiro atoms. The van der Waals surface area contributed by atoms with Crippen molar-refractivity contribution in [2.75, 3.05) is 7.11 Å². The molecule has 1 aromatic carbocycles. The smallest absolute Gasteiger partial charge is 0.308 e. The molecular formula is C22H34O5. The van der Waals surface area contributed by atoms with Crippen molar-refractivity contribution >= 4 is 11.8 Å². The first kappa shape index (κ1) is 23.2. The van der Waals surface area contributed by atoms with E-state index in [4.69, 9.17) is 0 Å². The number of aliphatic hydroxyl groups excluding tert-OH is 1. The van der Waals surface area contributed by atoms with E-state index < -0.39 is 12.1 Å². The summed E-state index contributed by atoms with van der Waals surface area (Å²) in [6.45, 7) is 12.3. The Morgan fingerprint density at radius 2 is 1.48 bits per heavy atom. The monoisotopic (exact) mass is 378 g/mol. The lowest BCUT2D eigenvalue weighted by molar-refractivity contribution is -0.143. The highest BCUT2D eigenvalue weighted by molar-refractivity contribution is 5.80. The number of carbonyl (C=O) groups is 2. The average Bonchev–Trinajstić information content (AvgIpc) is 2.51. The molecule has 0 saturated heterocycles. The zero-order valence-corrected chi connectivity index (χ0v) is 17.7. The van der Waals surface area contributed by atoms with Crippen molar-refractivity contribution in [3.8, 4) is 5.75 Å². The lowest BCUT2D eigenvalue weighted by Crippen LogP contribution is -2.19. The minimum absolute atomic E-state index is 0.0640. The van der Waals surface area contributed by atoms with Crippen LogP contribution in [-0.2, 0) is 31.6 Å². The van der Waals surface area contributed by atoms with Crippen molar-refractivity contribution in [1.82, 2.24) is 0 Å². The molecule has 5 nitrogen and oxygen atoms in total. The van der Waals surface area contributed by atoms with Crippen LogP contribution in [0.15, 0.2) is 12.1 Å². The average molecular weight is 379 g/mol. The SMILES string of the molecule is COC(=O)C[C@H](O)CC(=O)CCc1cc(C(C)(C)C)c(O)c(C(C)(C)C)c1. The van der Waals surface area contributed by atoms with Crippen molar-refractivity contribution in [3.05, 3.63) is 28.8 Å². The first-order valence-corrected chi connectivity index (χ1v) is 9.39. The van der Waals surface area contributed by atoms with Crippen LogP contribution in [0.1, 0.15) is 77.5 Å². The van der Waals surface area contributed by atoms with Gasteiger partial charge in [0.1, 0.15) is 11.5 Å². The van der Waals surface area contributed by atoms with Crippen molar-refractivity contribution < 1.29 is 24.5 Å². The largest absolute Gasteiger partial charge is 0.507 e. The van der Waals surface area contributed by atoms with Gasteiger partial charge in [0, 0.05) is 12.8 Å². The molecule has 0 bridgehead atoms. The minimum Gasteiger partial charge on any atom is -0.507 e. The normalized spacial score (nSPS) is 13.3. The second-order valence-electron chi connectivity index (χ2n) is 9.22. The number of carbonyl (C=O) groups excluding carboxylic acids is 2. The Morgan fingerprint density at radius 3 is 1.89 bits per heavy atom. The number of aliphatic hydroxyl groups is 1. The summed E-state index contributed by atoms with van der Waals surface area (Å²) in [5.41, 5.74) is 2.27. The maximum absolute atomic E-state index is 12.2. The van der Waals surface area contributed by atoms with E-state index in [-0.39, 0.29) is 35.9 Å². The molecule has 0 amide bonds. The molecule has 2 N–H and O–H groups in total. The number of hydrogen-bond donors (Lipinski definition) is 2. The predicted octanol–water partition coefficient (Wildman–Crippen LogP) is 3.80. The number of esters is 1. The van der Waals surface area contributed by atoms with Gasteiger partial charge in [-0.2, -0.15) is 0 Å². The standard InChI is InChI=1S/C22H34O5/c1-21(2,3)17-10-14(11-18(20(17)26)22(4,5)6)8-9-15(23)12-16(24)13-19(25)27-7/h10-11,16,24,26H,8-9,12-13H2,1-7H3/t16-/m1/s1. The van der Waals surface area contributed by atoms with Gasteiger partial charge in [0.25, 0.3) is 0 Å². The van der Waals surface area contributed by atoms with Gasteiger partial charge in [0.15, 0.2) is 0 Å². The van der Waals surface area contributed by atoms with Crippen LogP contribution in [0.2, 0.25) is 0 Å². The van der Waals surface area contributed by atoms with E-state index in [9.17, 15) is 19.8 Å². The molecule has 0 radical (unpaired) electrons. The fraction of sp³-hybridized carbons (Fsp3) is 0.636. The Hall–Kier alpha value is -1.88. The number of aromatic hydroxyl groups is 1. The fourth-order valence-corrected chi connectivity index (χ4v) is 2.98. The molecule has 0 unspecified atom stereocenters. The van der Waals surface area contributed by atoms with Gasteiger partial charge in [0.05, 0.1) is 19.6 Å². The van der Waals surface area contributed by atoms with Gasteiger partial charge in [-0.1, -0.05) is 53.7 Å². The molecule has 152 valence electrons. The topological polar surface area (TPSA) is 83.8 Å². The summed E-state index contributed by atoms with van der Waals surface area (Å²) >= 11 is 0. The molecule has 0 heterocycles. The highest BCUT2D eigenvalue weighted by Gasteiger charge is 2.26. The van der Waals surface area contributed by atoms with Gasteiger partial charge in [-0.15, -0.1) is 0 Å². The zero-order valence-electron chi connectivity index (χ0n) is 17.7. The first-order valence-electron chi connectivity index (χ1n) is 9.39. The summed E-state index contributed by atoms with van der Waals surface area (Å²) in [5, 5.41) is 20.5. The molecule has 27 heavy (non-hydrogen) atoms. The van der Waals surface area contributed by atoms with Gasteiger partial charge in [-0.3, -0.25) is 9.59 Å². The summed E-state index contributed by atoms with van der Waals surface area (Å²) in [4.78, 5) is 23.3. The number of phenolic OH excluding ortho intramolecular Hbond substituents is 1. The number of aryl methyl sites for hydroxylation is 1.